The number of carbonyl (C=O) groups is 11. The van der Waals surface area contributed by atoms with E-state index >= 15 is 0 Å². The Morgan fingerprint density at radius 1 is 0.745 bits per heavy atom. The number of aromatic amines is 1. The quantitative estimate of drug-likeness (QED) is 0.0366. The van der Waals surface area contributed by atoms with Crippen LogP contribution in [0, 0.1) is 23.7 Å². The number of hydrogen-bond donors (Lipinski definition) is 13. The molecule has 12 amide bonds. The predicted octanol–water partition coefficient (Wildman–Crippen LogP) is 1.15. The highest BCUT2D eigenvalue weighted by Crippen LogP contribution is 2.34. The van der Waals surface area contributed by atoms with E-state index < -0.39 is 140 Å². The molecular formula is C66H86N12O15S. The van der Waals surface area contributed by atoms with E-state index in [1.54, 1.807) is 36.9 Å². The van der Waals surface area contributed by atoms with E-state index in [2.05, 4.69) is 59.4 Å². The minimum atomic E-state index is -1.93. The van der Waals surface area contributed by atoms with Gasteiger partial charge in [0.05, 0.1) is 74.3 Å². The van der Waals surface area contributed by atoms with E-state index in [1.807, 2.05) is 48.5 Å². The molecule has 94 heavy (non-hydrogen) atoms. The fraction of sp³-hybridized carbons (Fsp3) is 0.500. The Bertz CT molecular complexity index is 3480. The molecule has 0 radical (unpaired) electrons. The molecular weight excluding hydrogens is 1230 g/mol. The third-order valence-electron chi connectivity index (χ3n) is 16.7. The number of urea groups is 1. The van der Waals surface area contributed by atoms with Gasteiger partial charge in [-0.2, -0.15) is 0 Å². The van der Waals surface area contributed by atoms with E-state index in [-0.39, 0.29) is 43.3 Å². The van der Waals surface area contributed by atoms with Crippen LogP contribution in [-0.4, -0.2) is 178 Å². The number of nitrogens with two attached hydrogens (primary N) is 1. The number of nitrogens with zero attached hydrogens (tertiary/aromatic N) is 2. The second-order valence-electron chi connectivity index (χ2n) is 23.7. The number of unbranched alkanes of at least 4 members (excludes halogenated alkanes) is 4. The van der Waals surface area contributed by atoms with Gasteiger partial charge in [-0.3, -0.25) is 52.8 Å². The van der Waals surface area contributed by atoms with Gasteiger partial charge in [0.1, 0.15) is 36.0 Å². The average molecular weight is 1320 g/mol. The zero-order valence-corrected chi connectivity index (χ0v) is 54.1. The van der Waals surface area contributed by atoms with Gasteiger partial charge in [-0.1, -0.05) is 89.1 Å². The highest BCUT2D eigenvalue weighted by Gasteiger charge is 2.40. The monoisotopic (exact) mass is 1320 g/mol. The van der Waals surface area contributed by atoms with Crippen molar-refractivity contribution in [2.45, 2.75) is 159 Å². The molecule has 0 saturated heterocycles. The number of anilines is 1. The van der Waals surface area contributed by atoms with Crippen LogP contribution in [0.2, 0.25) is 0 Å². The van der Waals surface area contributed by atoms with Crippen molar-refractivity contribution in [1.29, 1.82) is 0 Å². The van der Waals surface area contributed by atoms with Crippen LogP contribution >= 0.6 is 11.8 Å². The lowest BCUT2D eigenvalue weighted by atomic mass is 9.94. The third-order valence-corrected chi connectivity index (χ3v) is 17.9. The Morgan fingerprint density at radius 3 is 2.17 bits per heavy atom. The van der Waals surface area contributed by atoms with E-state index in [0.29, 0.717) is 77.5 Å². The number of carbonyl (C=O) groups excluding carboxylic acids is 11. The molecule has 27 nitrogen and oxygen atoms in total. The van der Waals surface area contributed by atoms with Crippen molar-refractivity contribution in [2.24, 2.45) is 17.6 Å². The van der Waals surface area contributed by atoms with Crippen LogP contribution in [-0.2, 0) is 60.9 Å². The fourth-order valence-corrected chi connectivity index (χ4v) is 12.0. The smallest absolute Gasteiger partial charge is 0.324 e. The lowest BCUT2D eigenvalue weighted by Crippen LogP contribution is -2.62. The summed E-state index contributed by atoms with van der Waals surface area (Å²) in [6.45, 7) is 4.36. The number of para-hydroxylation sites is 1. The summed E-state index contributed by atoms with van der Waals surface area (Å²) < 4.78 is 6.19. The standard InChI is InChI=1S/C66H86N12O15S/c1-5-38(3)58-62(89)70-32-55(84)71-50-37-94-64-46(30-48(60(87)69-33-56(85)75-58)72-63(90)59(39(4)52(81)36-79)76-66(92)78(35-43(80)6-2)65(91)49(31-53(67)82)73-61(50)88)45-26-25-44(29-47(45)74-64)93-28-16-8-7-15-27-68-54(83)21-13-14-22-57(86)77-34-42-19-10-9-17-40(42)23-24-41-18-11-12-20-51(41)77/h9-12,17-20,25-26,29,38-39,43,48-50,52,58-59,74,79-81H,5-8,13-16,21-22,27-28,30-37H2,1-4H3,(H2,67,82)(H,68,83)(H,69,87)(H,70,89)(H,71,84)(H,72,90)(H,73,88)(H,75,85)(H,76,92)/t38-,39-,43+,48+,49-,50-,52-,58-,59-/m0/s1. The second kappa shape index (κ2) is 35.3. The highest BCUT2D eigenvalue weighted by atomic mass is 32.2. The molecule has 28 heteroatoms. The van der Waals surface area contributed by atoms with Crippen LogP contribution in [0.1, 0.15) is 121 Å². The molecule has 0 fully saturated rings. The van der Waals surface area contributed by atoms with Crippen molar-refractivity contribution in [3.63, 3.8) is 0 Å². The van der Waals surface area contributed by atoms with E-state index in [4.69, 9.17) is 10.5 Å². The summed E-state index contributed by atoms with van der Waals surface area (Å²) in [6.07, 6.45) is 0.622. The number of imide groups is 1. The first-order valence-electron chi connectivity index (χ1n) is 31.9. The number of β-amino-alcohol motifs (C(OH)–C–C–N with tert-alkyl or cyclic N) is 1. The second-order valence-corrected chi connectivity index (χ2v) is 24.7. The minimum absolute atomic E-state index is 0.0169. The van der Waals surface area contributed by atoms with Gasteiger partial charge in [0, 0.05) is 60.1 Å². The number of aromatic nitrogens is 1. The molecule has 4 aromatic rings. The largest absolute Gasteiger partial charge is 0.494 e. The molecule has 3 aromatic carbocycles. The molecule has 7 rings (SSSR count). The van der Waals surface area contributed by atoms with E-state index in [9.17, 15) is 68.1 Å². The zero-order valence-electron chi connectivity index (χ0n) is 53.3. The van der Waals surface area contributed by atoms with Gasteiger partial charge in [0.2, 0.25) is 53.2 Å². The topological polar surface area (TPSA) is 402 Å². The van der Waals surface area contributed by atoms with Gasteiger partial charge >= 0.3 is 6.03 Å². The molecule has 0 spiro atoms. The lowest BCUT2D eigenvalue weighted by molar-refractivity contribution is -0.138. The number of aliphatic hydroxyl groups is 3. The van der Waals surface area contributed by atoms with Gasteiger partial charge < -0.3 is 78.2 Å². The minimum Gasteiger partial charge on any atom is -0.494 e. The number of fused-ring (bicyclic) bond motifs is 6. The van der Waals surface area contributed by atoms with Crippen molar-refractivity contribution in [3.8, 4) is 17.6 Å². The molecule has 3 aliphatic heterocycles. The van der Waals surface area contributed by atoms with Crippen LogP contribution in [0.25, 0.3) is 10.9 Å². The van der Waals surface area contributed by atoms with Gasteiger partial charge in [-0.05, 0) is 79.5 Å². The molecule has 0 unspecified atom stereocenters. The highest BCUT2D eigenvalue weighted by molar-refractivity contribution is 7.99. The van der Waals surface area contributed by atoms with Gasteiger partial charge in [0.15, 0.2) is 0 Å². The summed E-state index contributed by atoms with van der Waals surface area (Å²) >= 11 is 0.971. The normalized spacial score (nSPS) is 20.6. The number of thioether (sulfide) groups is 1. The van der Waals surface area contributed by atoms with E-state index in [1.165, 1.54) is 13.8 Å². The number of benzene rings is 3. The Morgan fingerprint density at radius 2 is 1.44 bits per heavy atom. The molecule has 0 saturated carbocycles. The maximum absolute atomic E-state index is 14.8. The molecule has 0 aliphatic carbocycles. The number of ether oxygens (including phenoxy) is 1. The van der Waals surface area contributed by atoms with Crippen LogP contribution in [0.15, 0.2) is 71.8 Å². The molecule has 1 aromatic heterocycles. The maximum Gasteiger partial charge on any atom is 0.324 e. The molecule has 2 bridgehead atoms. The van der Waals surface area contributed by atoms with Crippen molar-refractivity contribution in [1.82, 2.24) is 52.4 Å². The van der Waals surface area contributed by atoms with Gasteiger partial charge in [-0.25, -0.2) is 4.79 Å². The van der Waals surface area contributed by atoms with Crippen molar-refractivity contribution in [3.05, 3.63) is 89.0 Å². The zero-order chi connectivity index (χ0) is 68.0. The van der Waals surface area contributed by atoms with Crippen molar-refractivity contribution < 1.29 is 72.8 Å². The van der Waals surface area contributed by atoms with Crippen LogP contribution in [0.5, 0.6) is 5.75 Å². The molecule has 14 N–H and O–H groups in total. The molecule has 506 valence electrons. The van der Waals surface area contributed by atoms with Crippen molar-refractivity contribution in [2.75, 3.05) is 50.0 Å². The number of aliphatic hydroxyl groups excluding tert-OH is 3. The summed E-state index contributed by atoms with van der Waals surface area (Å²) in [6, 6.07) is 10.9. The number of nitrogens with one attached hydrogen (secondary N) is 9. The number of H-pyrrole nitrogens is 1. The van der Waals surface area contributed by atoms with Gasteiger partial charge in [-0.15, -0.1) is 11.8 Å². The summed E-state index contributed by atoms with van der Waals surface area (Å²) in [4.78, 5) is 159. The van der Waals surface area contributed by atoms with Crippen molar-refractivity contribution >= 4 is 93.5 Å². The first kappa shape index (κ1) is 72.4. The molecule has 4 heterocycles. The predicted molar refractivity (Wildman–Crippen MR) is 348 cm³/mol. The summed E-state index contributed by atoms with van der Waals surface area (Å²) in [5.74, 6) is -3.46. The number of primary amides is 1. The lowest BCUT2D eigenvalue weighted by Gasteiger charge is -2.32. The summed E-state index contributed by atoms with van der Waals surface area (Å²) in [5.41, 5.74) is 9.82. The molecule has 9 atom stereocenters. The Kier molecular flexibility index (Phi) is 27.2. The van der Waals surface area contributed by atoms with Gasteiger partial charge in [0.25, 0.3) is 5.91 Å². The first-order valence-corrected chi connectivity index (χ1v) is 32.9. The fourth-order valence-electron chi connectivity index (χ4n) is 10.9. The number of hydrogen-bond acceptors (Lipinski definition) is 16. The summed E-state index contributed by atoms with van der Waals surface area (Å²) in [5, 5.41) is 53.3. The SMILES string of the molecule is CC[C@@H](O)CN1C(=O)N[C@@H]([C@@H](C)[C@@H](O)CO)C(=O)N[C@@H]2Cc3c([nH]c4cc(OCCCCCCNC(=O)CCCCC(=O)N5Cc6ccccc6C#Cc6ccccc65)ccc34)SC[C@H](NC(=O)CNC(=O)[C@H]([C@@H](C)CC)NC(=O)CNC2=O)C(=O)N[C@@H](CC(N)=O)C1=O. The Balaban J connectivity index is 1.07. The maximum atomic E-state index is 14.8. The average Bonchev–Trinajstić information content (AvgIpc) is 1.56. The first-order chi connectivity index (χ1) is 45.1. The summed E-state index contributed by atoms with van der Waals surface area (Å²) in [7, 11) is 0. The van der Waals surface area contributed by atoms with E-state index in [0.717, 1.165) is 53.4 Å². The number of amides is 12. The van der Waals surface area contributed by atoms with Crippen LogP contribution in [0.4, 0.5) is 10.5 Å². The Hall–Kier alpha value is -9.04. The van der Waals surface area contributed by atoms with Crippen LogP contribution < -0.4 is 57.9 Å². The Labute approximate surface area is 549 Å². The third kappa shape index (κ3) is 20.2. The number of rotatable bonds is 23. The van der Waals surface area contributed by atoms with Crippen LogP contribution in [0.3, 0.4) is 0 Å². The molecule has 3 aliphatic rings.